The maximum absolute atomic E-state index is 12.0. The fraction of sp³-hybridized carbons (Fsp3) is 0.500. The van der Waals surface area contributed by atoms with Crippen LogP contribution in [-0.4, -0.2) is 36.9 Å². The lowest BCUT2D eigenvalue weighted by molar-refractivity contribution is -0.135. The molecular weight excluding hydrogens is 268 g/mol. The maximum atomic E-state index is 12.0. The molecule has 0 fully saturated rings. The molecule has 0 aliphatic heterocycles. The van der Waals surface area contributed by atoms with Gasteiger partial charge in [-0.25, -0.2) is 0 Å². The molecule has 0 saturated carbocycles. The van der Waals surface area contributed by atoms with Crippen LogP contribution in [0.5, 0.6) is 5.75 Å². The van der Waals surface area contributed by atoms with E-state index in [1.807, 2.05) is 20.8 Å². The van der Waals surface area contributed by atoms with Crippen molar-refractivity contribution in [2.75, 3.05) is 25.5 Å². The van der Waals surface area contributed by atoms with Crippen LogP contribution in [0.2, 0.25) is 0 Å². The Morgan fingerprint density at radius 2 is 2.05 bits per heavy atom. The van der Waals surface area contributed by atoms with E-state index in [9.17, 15) is 9.59 Å². The number of benzene rings is 1. The molecule has 5 heteroatoms. The first-order chi connectivity index (χ1) is 9.96. The summed E-state index contributed by atoms with van der Waals surface area (Å²) in [6, 6.07) is 7.13. The number of nitrogens with zero attached hydrogens (tertiary/aromatic N) is 1. The van der Waals surface area contributed by atoms with Gasteiger partial charge in [0.1, 0.15) is 5.75 Å². The normalized spacial score (nSPS) is 10.3. The Kier molecular flexibility index (Phi) is 6.72. The molecule has 1 aromatic carbocycles. The number of nitrogens with one attached hydrogen (secondary N) is 1. The van der Waals surface area contributed by atoms with Gasteiger partial charge in [-0.2, -0.15) is 0 Å². The number of carbonyl (C=O) groups excluding carboxylic acids is 2. The molecule has 1 N–H and O–H groups in total. The summed E-state index contributed by atoms with van der Waals surface area (Å²) in [7, 11) is 1.57. The molecule has 0 aliphatic carbocycles. The van der Waals surface area contributed by atoms with Gasteiger partial charge in [-0.15, -0.1) is 0 Å². The Balaban J connectivity index is 2.60. The molecule has 1 aromatic rings. The lowest BCUT2D eigenvalue weighted by atomic mass is 10.1. The predicted octanol–water partition coefficient (Wildman–Crippen LogP) is 2.53. The summed E-state index contributed by atoms with van der Waals surface area (Å²) in [5, 5.41) is 2.78. The van der Waals surface area contributed by atoms with Gasteiger partial charge < -0.3 is 15.0 Å². The summed E-state index contributed by atoms with van der Waals surface area (Å²) < 4.78 is 5.10. The largest absolute Gasteiger partial charge is 0.497 e. The number of anilines is 1. The third-order valence-electron chi connectivity index (χ3n) is 3.01. The third-order valence-corrected chi connectivity index (χ3v) is 3.01. The Morgan fingerprint density at radius 1 is 1.33 bits per heavy atom. The summed E-state index contributed by atoms with van der Waals surface area (Å²) >= 11 is 0. The number of methoxy groups -OCH3 is 1. The Bertz CT molecular complexity index is 486. The summed E-state index contributed by atoms with van der Waals surface area (Å²) in [4.78, 5) is 25.6. The molecule has 0 radical (unpaired) electrons. The van der Waals surface area contributed by atoms with Crippen molar-refractivity contribution in [3.8, 4) is 5.75 Å². The van der Waals surface area contributed by atoms with E-state index in [1.54, 1.807) is 36.3 Å². The summed E-state index contributed by atoms with van der Waals surface area (Å²) in [6.07, 6.45) is 0.459. The minimum atomic E-state index is -0.206. The van der Waals surface area contributed by atoms with E-state index in [0.29, 0.717) is 24.4 Å². The molecule has 0 spiro atoms. The van der Waals surface area contributed by atoms with E-state index in [-0.39, 0.29) is 24.3 Å². The molecule has 116 valence electrons. The Morgan fingerprint density at radius 3 is 2.62 bits per heavy atom. The van der Waals surface area contributed by atoms with Crippen molar-refractivity contribution in [3.63, 3.8) is 0 Å². The van der Waals surface area contributed by atoms with E-state index in [0.717, 1.165) is 0 Å². The van der Waals surface area contributed by atoms with Crippen molar-refractivity contribution in [2.45, 2.75) is 27.2 Å². The average molecular weight is 292 g/mol. The van der Waals surface area contributed by atoms with Crippen molar-refractivity contribution in [2.24, 2.45) is 5.92 Å². The Hall–Kier alpha value is -2.04. The SMILES string of the molecule is CCN(CC(=O)Nc1cccc(OC)c1)C(=O)CC(C)C. The second kappa shape index (κ2) is 8.29. The monoisotopic (exact) mass is 292 g/mol. The van der Waals surface area contributed by atoms with Gasteiger partial charge in [0.15, 0.2) is 0 Å². The first-order valence-electron chi connectivity index (χ1n) is 7.18. The van der Waals surface area contributed by atoms with E-state index in [4.69, 9.17) is 4.74 Å². The number of hydrogen-bond donors (Lipinski definition) is 1. The second-order valence-corrected chi connectivity index (χ2v) is 5.29. The number of hydrogen-bond acceptors (Lipinski definition) is 3. The summed E-state index contributed by atoms with van der Waals surface area (Å²) in [5.74, 6) is 0.763. The molecule has 0 aromatic heterocycles. The van der Waals surface area contributed by atoms with Crippen molar-refractivity contribution in [1.82, 2.24) is 4.90 Å². The van der Waals surface area contributed by atoms with Crippen molar-refractivity contribution >= 4 is 17.5 Å². The maximum Gasteiger partial charge on any atom is 0.243 e. The minimum absolute atomic E-state index is 0.00768. The molecule has 21 heavy (non-hydrogen) atoms. The van der Waals surface area contributed by atoms with Crippen LogP contribution in [-0.2, 0) is 9.59 Å². The van der Waals surface area contributed by atoms with Crippen LogP contribution in [0.25, 0.3) is 0 Å². The molecule has 2 amide bonds. The topological polar surface area (TPSA) is 58.6 Å². The van der Waals surface area contributed by atoms with E-state index in [1.165, 1.54) is 0 Å². The number of ether oxygens (including phenoxy) is 1. The average Bonchev–Trinajstić information content (AvgIpc) is 2.44. The molecule has 1 rings (SSSR count). The highest BCUT2D eigenvalue weighted by atomic mass is 16.5. The zero-order valence-corrected chi connectivity index (χ0v) is 13.2. The quantitative estimate of drug-likeness (QED) is 0.840. The van der Waals surface area contributed by atoms with E-state index >= 15 is 0 Å². The fourth-order valence-electron chi connectivity index (χ4n) is 1.93. The highest BCUT2D eigenvalue weighted by molar-refractivity contribution is 5.94. The van der Waals surface area contributed by atoms with Crippen LogP contribution in [0.15, 0.2) is 24.3 Å². The van der Waals surface area contributed by atoms with Gasteiger partial charge in [0, 0.05) is 24.7 Å². The zero-order chi connectivity index (χ0) is 15.8. The molecule has 0 heterocycles. The molecule has 5 nitrogen and oxygen atoms in total. The van der Waals surface area contributed by atoms with Gasteiger partial charge in [-0.1, -0.05) is 19.9 Å². The standard InChI is InChI=1S/C16H24N2O3/c1-5-18(16(20)9-12(2)3)11-15(19)17-13-7-6-8-14(10-13)21-4/h6-8,10,12H,5,9,11H2,1-4H3,(H,17,19). The Labute approximate surface area is 126 Å². The van der Waals surface area contributed by atoms with Crippen LogP contribution in [0.4, 0.5) is 5.69 Å². The first-order valence-corrected chi connectivity index (χ1v) is 7.18. The number of rotatable bonds is 7. The van der Waals surface area contributed by atoms with Crippen LogP contribution in [0.3, 0.4) is 0 Å². The van der Waals surface area contributed by atoms with Gasteiger partial charge in [0.05, 0.1) is 13.7 Å². The van der Waals surface area contributed by atoms with Crippen LogP contribution >= 0.6 is 0 Å². The van der Waals surface area contributed by atoms with Gasteiger partial charge in [-0.3, -0.25) is 9.59 Å². The fourth-order valence-corrected chi connectivity index (χ4v) is 1.93. The van der Waals surface area contributed by atoms with Gasteiger partial charge >= 0.3 is 0 Å². The van der Waals surface area contributed by atoms with Gasteiger partial charge in [-0.05, 0) is 25.0 Å². The van der Waals surface area contributed by atoms with Crippen LogP contribution in [0, 0.1) is 5.92 Å². The summed E-state index contributed by atoms with van der Waals surface area (Å²) in [6.45, 7) is 6.44. The smallest absolute Gasteiger partial charge is 0.243 e. The number of amides is 2. The van der Waals surface area contributed by atoms with E-state index < -0.39 is 0 Å². The lowest BCUT2D eigenvalue weighted by Gasteiger charge is -2.21. The van der Waals surface area contributed by atoms with Gasteiger partial charge in [0.2, 0.25) is 11.8 Å². The highest BCUT2D eigenvalue weighted by Crippen LogP contribution is 2.16. The van der Waals surface area contributed by atoms with Crippen LogP contribution < -0.4 is 10.1 Å². The number of carbonyl (C=O) groups is 2. The first kappa shape index (κ1) is 17.0. The van der Waals surface area contributed by atoms with Crippen molar-refractivity contribution in [3.05, 3.63) is 24.3 Å². The van der Waals surface area contributed by atoms with Gasteiger partial charge in [0.25, 0.3) is 0 Å². The van der Waals surface area contributed by atoms with Crippen LogP contribution in [0.1, 0.15) is 27.2 Å². The zero-order valence-electron chi connectivity index (χ0n) is 13.2. The molecule has 0 bridgehead atoms. The summed E-state index contributed by atoms with van der Waals surface area (Å²) in [5.41, 5.74) is 0.659. The third kappa shape index (κ3) is 5.85. The molecule has 0 aliphatic rings. The van der Waals surface area contributed by atoms with Crippen molar-refractivity contribution in [1.29, 1.82) is 0 Å². The minimum Gasteiger partial charge on any atom is -0.497 e. The lowest BCUT2D eigenvalue weighted by Crippen LogP contribution is -2.38. The number of likely N-dealkylation sites (N-methyl/N-ethyl adjacent to an activating group) is 1. The molecule has 0 atom stereocenters. The molecular formula is C16H24N2O3. The second-order valence-electron chi connectivity index (χ2n) is 5.29. The molecule has 0 saturated heterocycles. The molecule has 0 unspecified atom stereocenters. The predicted molar refractivity (Wildman–Crippen MR) is 83.3 cm³/mol. The highest BCUT2D eigenvalue weighted by Gasteiger charge is 2.16. The van der Waals surface area contributed by atoms with E-state index in [2.05, 4.69) is 5.32 Å². The van der Waals surface area contributed by atoms with Crippen molar-refractivity contribution < 1.29 is 14.3 Å².